The third kappa shape index (κ3) is 4.14. The first-order valence-corrected chi connectivity index (χ1v) is 7.82. The van der Waals surface area contributed by atoms with Gasteiger partial charge in [0.2, 0.25) is 0 Å². The van der Waals surface area contributed by atoms with Gasteiger partial charge in [0.25, 0.3) is 0 Å². The van der Waals surface area contributed by atoms with Crippen LogP contribution in [0.1, 0.15) is 18.4 Å². The van der Waals surface area contributed by atoms with E-state index < -0.39 is 12.1 Å². The molecule has 0 amide bonds. The largest absolute Gasteiger partial charge is 0.573 e. The molecule has 25 heavy (non-hydrogen) atoms. The van der Waals surface area contributed by atoms with Crippen molar-refractivity contribution in [2.45, 2.75) is 26.3 Å². The minimum Gasteiger partial charge on any atom is -0.404 e. The predicted octanol–water partition coefficient (Wildman–Crippen LogP) is 4.23. The first kappa shape index (κ1) is 17.3. The molecule has 0 bridgehead atoms. The van der Waals surface area contributed by atoms with E-state index in [0.717, 1.165) is 17.9 Å². The fourth-order valence-electron chi connectivity index (χ4n) is 2.42. The highest BCUT2D eigenvalue weighted by Gasteiger charge is 2.32. The Morgan fingerprint density at radius 1 is 1.24 bits per heavy atom. The molecule has 0 unspecified atom stereocenters. The van der Waals surface area contributed by atoms with Crippen molar-refractivity contribution in [1.29, 1.82) is 0 Å². The fraction of sp³-hybridized carbons (Fsp3) is 0.250. The molecule has 0 atom stereocenters. The Morgan fingerprint density at radius 3 is 2.72 bits per heavy atom. The maximum absolute atomic E-state index is 12.3. The molecule has 5 nitrogen and oxygen atoms in total. The molecule has 9 heteroatoms. The maximum atomic E-state index is 12.3. The van der Waals surface area contributed by atoms with E-state index in [9.17, 15) is 13.2 Å². The molecule has 0 saturated heterocycles. The highest BCUT2D eigenvalue weighted by atomic mass is 35.5. The van der Waals surface area contributed by atoms with Gasteiger partial charge in [0.05, 0.1) is 23.6 Å². The van der Waals surface area contributed by atoms with E-state index in [1.165, 1.54) is 18.2 Å². The number of ether oxygens (including phenoxy) is 1. The predicted molar refractivity (Wildman–Crippen MR) is 86.0 cm³/mol. The van der Waals surface area contributed by atoms with Crippen LogP contribution < -0.4 is 4.74 Å². The number of imidazole rings is 2. The topological polar surface area (TPSA) is 44.9 Å². The molecule has 0 spiro atoms. The third-order valence-corrected chi connectivity index (χ3v) is 3.82. The molecule has 132 valence electrons. The van der Waals surface area contributed by atoms with Crippen molar-refractivity contribution in [2.24, 2.45) is 0 Å². The number of benzene rings is 1. The lowest BCUT2D eigenvalue weighted by Crippen LogP contribution is -2.17. The molecule has 0 aliphatic heterocycles. The van der Waals surface area contributed by atoms with Crippen molar-refractivity contribution in [1.82, 2.24) is 19.1 Å². The van der Waals surface area contributed by atoms with Gasteiger partial charge in [-0.15, -0.1) is 13.2 Å². The molecule has 3 aromatic rings. The van der Waals surface area contributed by atoms with Crippen molar-refractivity contribution < 1.29 is 17.9 Å². The Labute approximate surface area is 146 Å². The lowest BCUT2D eigenvalue weighted by molar-refractivity contribution is -0.274. The van der Waals surface area contributed by atoms with Crippen LogP contribution in [0.3, 0.4) is 0 Å². The number of halogens is 4. The van der Waals surface area contributed by atoms with Gasteiger partial charge in [-0.3, -0.25) is 0 Å². The second-order valence-electron chi connectivity index (χ2n) is 5.26. The molecule has 0 aliphatic carbocycles. The Bertz CT molecular complexity index is 872. The second kappa shape index (κ2) is 6.79. The molecular weight excluding hydrogens is 357 g/mol. The van der Waals surface area contributed by atoms with Crippen LogP contribution in [0.2, 0.25) is 5.02 Å². The molecule has 2 heterocycles. The van der Waals surface area contributed by atoms with Gasteiger partial charge in [0.1, 0.15) is 11.6 Å². The Hall–Kier alpha value is -2.48. The Kier molecular flexibility index (Phi) is 4.71. The zero-order valence-corrected chi connectivity index (χ0v) is 13.9. The standard InChI is InChI=1S/C16H14ClF3N4O/c1-2-15-21-5-6-23(15)8-11-9-24(10-22-11)12-3-4-14(13(17)7-12)25-16(18,19)20/h3-7,9-10H,2,8H2,1H3. The lowest BCUT2D eigenvalue weighted by atomic mass is 10.3. The van der Waals surface area contributed by atoms with Crippen LogP contribution in [0.25, 0.3) is 5.69 Å². The first-order chi connectivity index (χ1) is 11.9. The van der Waals surface area contributed by atoms with Gasteiger partial charge in [-0.2, -0.15) is 0 Å². The van der Waals surface area contributed by atoms with Crippen LogP contribution in [0.15, 0.2) is 43.1 Å². The SMILES string of the molecule is CCc1nccn1Cc1cn(-c2ccc(OC(F)(F)F)c(Cl)c2)cn1. The van der Waals surface area contributed by atoms with Gasteiger partial charge < -0.3 is 13.9 Å². The summed E-state index contributed by atoms with van der Waals surface area (Å²) in [6, 6.07) is 4.05. The number of hydrogen-bond donors (Lipinski definition) is 0. The zero-order valence-electron chi connectivity index (χ0n) is 13.2. The van der Waals surface area contributed by atoms with Crippen LogP contribution in [0.4, 0.5) is 13.2 Å². The molecule has 3 rings (SSSR count). The van der Waals surface area contributed by atoms with E-state index >= 15 is 0 Å². The van der Waals surface area contributed by atoms with Gasteiger partial charge >= 0.3 is 6.36 Å². The summed E-state index contributed by atoms with van der Waals surface area (Å²) in [4.78, 5) is 8.57. The van der Waals surface area contributed by atoms with Gasteiger partial charge in [0.15, 0.2) is 0 Å². The smallest absolute Gasteiger partial charge is 0.404 e. The monoisotopic (exact) mass is 370 g/mol. The van der Waals surface area contributed by atoms with Crippen molar-refractivity contribution in [3.8, 4) is 11.4 Å². The van der Waals surface area contributed by atoms with Crippen molar-refractivity contribution in [2.75, 3.05) is 0 Å². The fourth-order valence-corrected chi connectivity index (χ4v) is 2.63. The first-order valence-electron chi connectivity index (χ1n) is 7.44. The number of alkyl halides is 3. The lowest BCUT2D eigenvalue weighted by Gasteiger charge is -2.11. The average molecular weight is 371 g/mol. The molecular formula is C16H14ClF3N4O. The van der Waals surface area contributed by atoms with Crippen molar-refractivity contribution in [3.63, 3.8) is 0 Å². The Balaban J connectivity index is 1.79. The van der Waals surface area contributed by atoms with Gasteiger partial charge in [-0.05, 0) is 18.2 Å². The highest BCUT2D eigenvalue weighted by molar-refractivity contribution is 6.32. The van der Waals surface area contributed by atoms with Crippen molar-refractivity contribution in [3.05, 3.63) is 59.7 Å². The molecule has 0 saturated carbocycles. The number of hydrogen-bond acceptors (Lipinski definition) is 3. The second-order valence-corrected chi connectivity index (χ2v) is 5.67. The minimum atomic E-state index is -4.78. The van der Waals surface area contributed by atoms with Crippen LogP contribution in [-0.4, -0.2) is 25.5 Å². The van der Waals surface area contributed by atoms with Gasteiger partial charge in [-0.1, -0.05) is 18.5 Å². The average Bonchev–Trinajstić information content (AvgIpc) is 3.17. The van der Waals surface area contributed by atoms with E-state index in [2.05, 4.69) is 14.7 Å². The summed E-state index contributed by atoms with van der Waals surface area (Å²) < 4.78 is 44.4. The van der Waals surface area contributed by atoms with Gasteiger partial charge in [-0.25, -0.2) is 9.97 Å². The summed E-state index contributed by atoms with van der Waals surface area (Å²) in [5.41, 5.74) is 1.37. The molecule has 0 radical (unpaired) electrons. The Morgan fingerprint density at radius 2 is 2.04 bits per heavy atom. The summed E-state index contributed by atoms with van der Waals surface area (Å²) in [5.74, 6) is 0.510. The molecule has 2 aromatic heterocycles. The van der Waals surface area contributed by atoms with Crippen LogP contribution >= 0.6 is 11.6 Å². The molecule has 0 aliphatic rings. The van der Waals surface area contributed by atoms with E-state index in [4.69, 9.17) is 11.6 Å². The summed E-state index contributed by atoms with van der Waals surface area (Å²) >= 11 is 5.88. The van der Waals surface area contributed by atoms with E-state index in [0.29, 0.717) is 12.2 Å². The van der Waals surface area contributed by atoms with Crippen LogP contribution in [0.5, 0.6) is 5.75 Å². The third-order valence-electron chi connectivity index (χ3n) is 3.53. The summed E-state index contributed by atoms with van der Waals surface area (Å²) in [5, 5.41) is -0.132. The van der Waals surface area contributed by atoms with E-state index in [-0.39, 0.29) is 5.02 Å². The highest BCUT2D eigenvalue weighted by Crippen LogP contribution is 2.31. The van der Waals surface area contributed by atoms with Crippen molar-refractivity contribution >= 4 is 11.6 Å². The zero-order chi connectivity index (χ0) is 18.0. The van der Waals surface area contributed by atoms with E-state index in [1.54, 1.807) is 23.3 Å². The molecule has 0 N–H and O–H groups in total. The number of nitrogens with zero attached hydrogens (tertiary/aromatic N) is 4. The molecule has 1 aromatic carbocycles. The maximum Gasteiger partial charge on any atom is 0.573 e. The van der Waals surface area contributed by atoms with Crippen LogP contribution in [-0.2, 0) is 13.0 Å². The number of aromatic nitrogens is 4. The van der Waals surface area contributed by atoms with E-state index in [1.807, 2.05) is 17.7 Å². The number of rotatable bonds is 5. The molecule has 0 fully saturated rings. The summed E-state index contributed by atoms with van der Waals surface area (Å²) in [6.07, 6.45) is 3.00. The van der Waals surface area contributed by atoms with Gasteiger partial charge in [0, 0.05) is 30.7 Å². The summed E-state index contributed by atoms with van der Waals surface area (Å²) in [6.45, 7) is 2.57. The normalized spacial score (nSPS) is 11.7. The summed E-state index contributed by atoms with van der Waals surface area (Å²) in [7, 11) is 0. The van der Waals surface area contributed by atoms with Crippen LogP contribution in [0, 0.1) is 0 Å². The number of aryl methyl sites for hydroxylation is 1. The minimum absolute atomic E-state index is 0.132. The quantitative estimate of drug-likeness (QED) is 0.675.